The van der Waals surface area contributed by atoms with Gasteiger partial charge in [-0.05, 0) is 48.4 Å². The fraction of sp³-hybridized carbons (Fsp3) is 0.278. The highest BCUT2D eigenvalue weighted by Crippen LogP contribution is 2.25. The van der Waals surface area contributed by atoms with E-state index < -0.39 is 0 Å². The second-order valence-corrected chi connectivity index (χ2v) is 5.34. The first-order chi connectivity index (χ1) is 10.7. The van der Waals surface area contributed by atoms with E-state index in [1.807, 2.05) is 43.3 Å². The average molecular weight is 297 g/mol. The molecule has 0 spiro atoms. The number of nitrogens with one attached hydrogen (secondary N) is 1. The predicted molar refractivity (Wildman–Crippen MR) is 84.6 cm³/mol. The van der Waals surface area contributed by atoms with Crippen LogP contribution in [0.25, 0.3) is 0 Å². The number of benzene rings is 2. The van der Waals surface area contributed by atoms with Crippen molar-refractivity contribution >= 4 is 5.91 Å². The van der Waals surface area contributed by atoms with Crippen LogP contribution in [0.5, 0.6) is 11.5 Å². The molecule has 0 fully saturated rings. The summed E-state index contributed by atoms with van der Waals surface area (Å²) in [7, 11) is 0. The van der Waals surface area contributed by atoms with Crippen molar-refractivity contribution in [3.63, 3.8) is 0 Å². The van der Waals surface area contributed by atoms with Crippen molar-refractivity contribution in [1.82, 2.24) is 5.32 Å². The second kappa shape index (κ2) is 6.52. The fourth-order valence-electron chi connectivity index (χ4n) is 2.47. The van der Waals surface area contributed by atoms with E-state index >= 15 is 0 Å². The minimum absolute atomic E-state index is 0.0810. The van der Waals surface area contributed by atoms with Gasteiger partial charge in [-0.15, -0.1) is 0 Å². The molecule has 0 aromatic heterocycles. The van der Waals surface area contributed by atoms with Crippen molar-refractivity contribution in [2.75, 3.05) is 19.8 Å². The third kappa shape index (κ3) is 3.39. The molecule has 0 atom stereocenters. The number of fused-ring (bicyclic) bond motifs is 1. The van der Waals surface area contributed by atoms with Gasteiger partial charge in [-0.3, -0.25) is 4.79 Å². The van der Waals surface area contributed by atoms with E-state index in [4.69, 9.17) is 9.47 Å². The maximum absolute atomic E-state index is 12.1. The van der Waals surface area contributed by atoms with Gasteiger partial charge >= 0.3 is 0 Å². The zero-order chi connectivity index (χ0) is 15.4. The quantitative estimate of drug-likeness (QED) is 0.863. The lowest BCUT2D eigenvalue weighted by Crippen LogP contribution is -2.28. The summed E-state index contributed by atoms with van der Waals surface area (Å²) < 4.78 is 11.1. The predicted octanol–water partition coefficient (Wildman–Crippen LogP) is 2.74. The number of carbonyl (C=O) groups is 1. The van der Waals surface area contributed by atoms with Crippen LogP contribution in [0.2, 0.25) is 0 Å². The first kappa shape index (κ1) is 14.4. The minimum Gasteiger partial charge on any atom is -0.493 e. The Morgan fingerprint density at radius 3 is 3.05 bits per heavy atom. The average Bonchev–Trinajstić information content (AvgIpc) is 2.99. The van der Waals surface area contributed by atoms with E-state index in [9.17, 15) is 4.79 Å². The van der Waals surface area contributed by atoms with Gasteiger partial charge in [-0.25, -0.2) is 0 Å². The second-order valence-electron chi connectivity index (χ2n) is 5.34. The zero-order valence-corrected chi connectivity index (χ0v) is 12.6. The molecule has 1 N–H and O–H groups in total. The Balaban J connectivity index is 1.48. The van der Waals surface area contributed by atoms with Crippen molar-refractivity contribution in [3.05, 3.63) is 59.2 Å². The molecule has 2 aromatic carbocycles. The summed E-state index contributed by atoms with van der Waals surface area (Å²) in [5, 5.41) is 2.87. The van der Waals surface area contributed by atoms with Crippen LogP contribution in [0.3, 0.4) is 0 Å². The summed E-state index contributed by atoms with van der Waals surface area (Å²) in [6.45, 7) is 3.64. The summed E-state index contributed by atoms with van der Waals surface area (Å²) in [4.78, 5) is 12.1. The van der Waals surface area contributed by atoms with E-state index in [0.29, 0.717) is 25.3 Å². The molecule has 22 heavy (non-hydrogen) atoms. The molecule has 4 heteroatoms. The van der Waals surface area contributed by atoms with Gasteiger partial charge in [0.25, 0.3) is 5.91 Å². The third-order valence-electron chi connectivity index (χ3n) is 3.60. The van der Waals surface area contributed by atoms with E-state index in [1.54, 1.807) is 6.07 Å². The van der Waals surface area contributed by atoms with Gasteiger partial charge in [0.1, 0.15) is 18.1 Å². The summed E-state index contributed by atoms with van der Waals surface area (Å²) >= 11 is 0. The number of hydrogen-bond acceptors (Lipinski definition) is 3. The van der Waals surface area contributed by atoms with Crippen molar-refractivity contribution in [2.45, 2.75) is 13.3 Å². The lowest BCUT2D eigenvalue weighted by Gasteiger charge is -2.09. The van der Waals surface area contributed by atoms with Crippen LogP contribution in [0.4, 0.5) is 0 Å². The molecule has 1 amide bonds. The SMILES string of the molecule is Cc1cccc(OCCNC(=O)c2ccc3c(c2)CCO3)c1. The third-order valence-corrected chi connectivity index (χ3v) is 3.60. The van der Waals surface area contributed by atoms with Crippen LogP contribution in [-0.4, -0.2) is 25.7 Å². The first-order valence-electron chi connectivity index (χ1n) is 7.46. The van der Waals surface area contributed by atoms with Crippen molar-refractivity contribution in [2.24, 2.45) is 0 Å². The maximum Gasteiger partial charge on any atom is 0.251 e. The normalized spacial score (nSPS) is 12.4. The molecule has 2 aromatic rings. The van der Waals surface area contributed by atoms with E-state index in [0.717, 1.165) is 29.0 Å². The molecule has 0 unspecified atom stereocenters. The van der Waals surface area contributed by atoms with Crippen molar-refractivity contribution in [1.29, 1.82) is 0 Å². The van der Waals surface area contributed by atoms with Crippen LogP contribution < -0.4 is 14.8 Å². The zero-order valence-electron chi connectivity index (χ0n) is 12.6. The Bertz CT molecular complexity index is 682. The van der Waals surface area contributed by atoms with Crippen LogP contribution >= 0.6 is 0 Å². The molecule has 1 aliphatic heterocycles. The number of aryl methyl sites for hydroxylation is 1. The molecule has 3 rings (SSSR count). The van der Waals surface area contributed by atoms with Crippen LogP contribution in [-0.2, 0) is 6.42 Å². The van der Waals surface area contributed by atoms with Gasteiger partial charge in [0.05, 0.1) is 13.2 Å². The standard InChI is InChI=1S/C18H19NO3/c1-13-3-2-4-16(11-13)21-10-8-19-18(20)15-5-6-17-14(12-15)7-9-22-17/h2-6,11-12H,7-10H2,1H3,(H,19,20). The largest absolute Gasteiger partial charge is 0.493 e. The highest BCUT2D eigenvalue weighted by atomic mass is 16.5. The molecule has 0 radical (unpaired) electrons. The number of amides is 1. The summed E-state index contributed by atoms with van der Waals surface area (Å²) in [6, 6.07) is 13.4. The van der Waals surface area contributed by atoms with E-state index in [2.05, 4.69) is 5.32 Å². The fourth-order valence-corrected chi connectivity index (χ4v) is 2.47. The Morgan fingerprint density at radius 2 is 2.18 bits per heavy atom. The van der Waals surface area contributed by atoms with Gasteiger partial charge in [0, 0.05) is 12.0 Å². The topological polar surface area (TPSA) is 47.6 Å². The Kier molecular flexibility index (Phi) is 4.28. The van der Waals surface area contributed by atoms with Crippen molar-refractivity contribution < 1.29 is 14.3 Å². The molecule has 1 aliphatic rings. The smallest absolute Gasteiger partial charge is 0.251 e. The van der Waals surface area contributed by atoms with E-state index in [1.165, 1.54) is 0 Å². The monoisotopic (exact) mass is 297 g/mol. The molecule has 114 valence electrons. The molecule has 1 heterocycles. The molecule has 4 nitrogen and oxygen atoms in total. The first-order valence-corrected chi connectivity index (χ1v) is 7.46. The lowest BCUT2D eigenvalue weighted by molar-refractivity contribution is 0.0947. The molecule has 0 saturated heterocycles. The van der Waals surface area contributed by atoms with Crippen LogP contribution in [0.1, 0.15) is 21.5 Å². The molecular formula is C18H19NO3. The Labute approximate surface area is 130 Å². The maximum atomic E-state index is 12.1. The lowest BCUT2D eigenvalue weighted by atomic mass is 10.1. The van der Waals surface area contributed by atoms with Crippen molar-refractivity contribution in [3.8, 4) is 11.5 Å². The highest BCUT2D eigenvalue weighted by molar-refractivity contribution is 5.94. The summed E-state index contributed by atoms with van der Waals surface area (Å²) in [5.41, 5.74) is 2.92. The van der Waals surface area contributed by atoms with Gasteiger partial charge in [-0.1, -0.05) is 12.1 Å². The Morgan fingerprint density at radius 1 is 1.27 bits per heavy atom. The van der Waals surface area contributed by atoms with Gasteiger partial charge in [-0.2, -0.15) is 0 Å². The summed E-state index contributed by atoms with van der Waals surface area (Å²) in [5.74, 6) is 1.63. The van der Waals surface area contributed by atoms with Gasteiger partial charge in [0.2, 0.25) is 0 Å². The van der Waals surface area contributed by atoms with Gasteiger partial charge in [0.15, 0.2) is 0 Å². The molecule has 0 saturated carbocycles. The Hall–Kier alpha value is -2.49. The minimum atomic E-state index is -0.0810. The summed E-state index contributed by atoms with van der Waals surface area (Å²) in [6.07, 6.45) is 0.868. The number of carbonyl (C=O) groups excluding carboxylic acids is 1. The van der Waals surface area contributed by atoms with Crippen LogP contribution in [0, 0.1) is 6.92 Å². The number of hydrogen-bond donors (Lipinski definition) is 1. The number of rotatable bonds is 5. The molecule has 0 bridgehead atoms. The van der Waals surface area contributed by atoms with Gasteiger partial charge < -0.3 is 14.8 Å². The number of ether oxygens (including phenoxy) is 2. The highest BCUT2D eigenvalue weighted by Gasteiger charge is 2.14. The van der Waals surface area contributed by atoms with E-state index in [-0.39, 0.29) is 5.91 Å². The van der Waals surface area contributed by atoms with Crippen LogP contribution in [0.15, 0.2) is 42.5 Å². The molecule has 0 aliphatic carbocycles. The molecular weight excluding hydrogens is 278 g/mol.